The van der Waals surface area contributed by atoms with E-state index in [0.717, 1.165) is 31.1 Å². The van der Waals surface area contributed by atoms with Gasteiger partial charge < -0.3 is 10.6 Å². The molecule has 0 bridgehead atoms. The van der Waals surface area contributed by atoms with E-state index < -0.39 is 0 Å². The second-order valence-electron chi connectivity index (χ2n) is 3.96. The van der Waals surface area contributed by atoms with E-state index in [4.69, 9.17) is 0 Å². The van der Waals surface area contributed by atoms with Crippen molar-refractivity contribution in [2.45, 2.75) is 27.3 Å². The van der Waals surface area contributed by atoms with Crippen LogP contribution in [-0.4, -0.2) is 23.3 Å². The Labute approximate surface area is 91.5 Å². The molecule has 2 N–H and O–H groups in total. The van der Waals surface area contributed by atoms with Gasteiger partial charge in [-0.25, -0.2) is 0 Å². The SMILES string of the molecule is CCNCc1ccc(NCC(C)C)nn1. The van der Waals surface area contributed by atoms with Crippen LogP contribution in [0.25, 0.3) is 0 Å². The summed E-state index contributed by atoms with van der Waals surface area (Å²) in [6, 6.07) is 3.97. The fourth-order valence-corrected chi connectivity index (χ4v) is 1.11. The lowest BCUT2D eigenvalue weighted by molar-refractivity contribution is 0.680. The molecule has 0 amide bonds. The normalized spacial score (nSPS) is 10.7. The van der Waals surface area contributed by atoms with Crippen LogP contribution in [0.15, 0.2) is 12.1 Å². The van der Waals surface area contributed by atoms with E-state index in [9.17, 15) is 0 Å². The molecular weight excluding hydrogens is 188 g/mol. The highest BCUT2D eigenvalue weighted by molar-refractivity contribution is 5.32. The Bertz CT molecular complexity index is 268. The van der Waals surface area contributed by atoms with Gasteiger partial charge in [-0.15, -0.1) is 5.10 Å². The minimum absolute atomic E-state index is 0.619. The van der Waals surface area contributed by atoms with Crippen LogP contribution in [0.3, 0.4) is 0 Å². The molecule has 1 aromatic heterocycles. The molecule has 0 unspecified atom stereocenters. The number of hydrogen-bond donors (Lipinski definition) is 2. The highest BCUT2D eigenvalue weighted by Crippen LogP contribution is 2.03. The zero-order chi connectivity index (χ0) is 11.1. The van der Waals surface area contributed by atoms with E-state index in [0.29, 0.717) is 5.92 Å². The largest absolute Gasteiger partial charge is 0.368 e. The van der Waals surface area contributed by atoms with Gasteiger partial charge in [0.1, 0.15) is 5.82 Å². The summed E-state index contributed by atoms with van der Waals surface area (Å²) < 4.78 is 0. The van der Waals surface area contributed by atoms with Gasteiger partial charge in [0.2, 0.25) is 0 Å². The second-order valence-corrected chi connectivity index (χ2v) is 3.96. The lowest BCUT2D eigenvalue weighted by atomic mass is 10.2. The third-order valence-corrected chi connectivity index (χ3v) is 1.97. The Hall–Kier alpha value is -1.16. The maximum Gasteiger partial charge on any atom is 0.148 e. The number of hydrogen-bond acceptors (Lipinski definition) is 4. The van der Waals surface area contributed by atoms with E-state index in [-0.39, 0.29) is 0 Å². The van der Waals surface area contributed by atoms with Crippen LogP contribution in [0.1, 0.15) is 26.5 Å². The molecule has 1 aromatic rings. The smallest absolute Gasteiger partial charge is 0.148 e. The van der Waals surface area contributed by atoms with Crippen LogP contribution in [0.2, 0.25) is 0 Å². The van der Waals surface area contributed by atoms with Crippen molar-refractivity contribution < 1.29 is 0 Å². The van der Waals surface area contributed by atoms with Crippen LogP contribution in [-0.2, 0) is 6.54 Å². The topological polar surface area (TPSA) is 49.8 Å². The van der Waals surface area contributed by atoms with Gasteiger partial charge >= 0.3 is 0 Å². The molecule has 0 aromatic carbocycles. The monoisotopic (exact) mass is 208 g/mol. The number of nitrogens with zero attached hydrogens (tertiary/aromatic N) is 2. The number of nitrogens with one attached hydrogen (secondary N) is 2. The summed E-state index contributed by atoms with van der Waals surface area (Å²) in [6.45, 7) is 9.08. The van der Waals surface area contributed by atoms with E-state index >= 15 is 0 Å². The minimum atomic E-state index is 0.619. The average molecular weight is 208 g/mol. The highest BCUT2D eigenvalue weighted by Gasteiger charge is 1.98. The first-order valence-corrected chi connectivity index (χ1v) is 5.49. The molecule has 0 radical (unpaired) electrons. The van der Waals surface area contributed by atoms with Crippen LogP contribution >= 0.6 is 0 Å². The Morgan fingerprint density at radius 1 is 1.27 bits per heavy atom. The first-order chi connectivity index (χ1) is 7.22. The predicted molar refractivity (Wildman–Crippen MR) is 62.7 cm³/mol. The van der Waals surface area contributed by atoms with Crippen molar-refractivity contribution in [3.05, 3.63) is 17.8 Å². The van der Waals surface area contributed by atoms with Gasteiger partial charge in [-0.05, 0) is 24.6 Å². The highest BCUT2D eigenvalue weighted by atomic mass is 15.2. The molecule has 0 aliphatic carbocycles. The standard InChI is InChI=1S/C11H20N4/c1-4-12-8-10-5-6-11(15-14-10)13-7-9(2)3/h5-6,9,12H,4,7-8H2,1-3H3,(H,13,15). The molecule has 1 rings (SSSR count). The maximum absolute atomic E-state index is 4.12. The van der Waals surface area contributed by atoms with Crippen molar-refractivity contribution >= 4 is 5.82 Å². The van der Waals surface area contributed by atoms with Crippen molar-refractivity contribution in [2.75, 3.05) is 18.4 Å². The minimum Gasteiger partial charge on any atom is -0.368 e. The van der Waals surface area contributed by atoms with Crippen LogP contribution in [0.4, 0.5) is 5.82 Å². The molecule has 0 spiro atoms. The molecule has 0 saturated carbocycles. The first kappa shape index (κ1) is 11.9. The molecule has 15 heavy (non-hydrogen) atoms. The summed E-state index contributed by atoms with van der Waals surface area (Å²) >= 11 is 0. The number of aromatic nitrogens is 2. The third kappa shape index (κ3) is 4.74. The molecule has 1 heterocycles. The summed E-state index contributed by atoms with van der Waals surface area (Å²) in [6.07, 6.45) is 0. The van der Waals surface area contributed by atoms with Crippen molar-refractivity contribution in [1.29, 1.82) is 0 Å². The summed E-state index contributed by atoms with van der Waals surface area (Å²) in [5.41, 5.74) is 0.979. The third-order valence-electron chi connectivity index (χ3n) is 1.97. The summed E-state index contributed by atoms with van der Waals surface area (Å²) in [5.74, 6) is 1.47. The second kappa shape index (κ2) is 6.35. The fourth-order valence-electron chi connectivity index (χ4n) is 1.11. The first-order valence-electron chi connectivity index (χ1n) is 5.49. The van der Waals surface area contributed by atoms with Gasteiger partial charge in [-0.3, -0.25) is 0 Å². The van der Waals surface area contributed by atoms with Crippen LogP contribution in [0.5, 0.6) is 0 Å². The molecular formula is C11H20N4. The van der Waals surface area contributed by atoms with E-state index in [2.05, 4.69) is 41.6 Å². The van der Waals surface area contributed by atoms with Gasteiger partial charge in [-0.2, -0.15) is 5.10 Å². The van der Waals surface area contributed by atoms with E-state index in [1.54, 1.807) is 0 Å². The lowest BCUT2D eigenvalue weighted by Gasteiger charge is -2.07. The number of anilines is 1. The Balaban J connectivity index is 2.41. The predicted octanol–water partition coefficient (Wildman–Crippen LogP) is 1.65. The lowest BCUT2D eigenvalue weighted by Crippen LogP contribution is -2.14. The van der Waals surface area contributed by atoms with Gasteiger partial charge in [0.25, 0.3) is 0 Å². The van der Waals surface area contributed by atoms with Crippen molar-refractivity contribution in [3.63, 3.8) is 0 Å². The molecule has 0 atom stereocenters. The van der Waals surface area contributed by atoms with Crippen molar-refractivity contribution in [3.8, 4) is 0 Å². The van der Waals surface area contributed by atoms with Gasteiger partial charge in [-0.1, -0.05) is 20.8 Å². The van der Waals surface area contributed by atoms with Gasteiger partial charge in [0.05, 0.1) is 5.69 Å². The number of rotatable bonds is 6. The Morgan fingerprint density at radius 2 is 2.07 bits per heavy atom. The van der Waals surface area contributed by atoms with Crippen molar-refractivity contribution in [1.82, 2.24) is 15.5 Å². The average Bonchev–Trinajstić information content (AvgIpc) is 2.25. The van der Waals surface area contributed by atoms with Crippen molar-refractivity contribution in [2.24, 2.45) is 5.92 Å². The zero-order valence-electron chi connectivity index (χ0n) is 9.75. The van der Waals surface area contributed by atoms with Crippen LogP contribution in [0, 0.1) is 5.92 Å². The molecule has 0 aliphatic heterocycles. The Morgan fingerprint density at radius 3 is 2.60 bits per heavy atom. The molecule has 0 aliphatic rings. The summed E-state index contributed by atoms with van der Waals surface area (Å²) in [7, 11) is 0. The fraction of sp³-hybridized carbons (Fsp3) is 0.636. The van der Waals surface area contributed by atoms with Crippen LogP contribution < -0.4 is 10.6 Å². The zero-order valence-corrected chi connectivity index (χ0v) is 9.75. The van der Waals surface area contributed by atoms with E-state index in [1.807, 2.05) is 12.1 Å². The molecule has 0 fully saturated rings. The van der Waals surface area contributed by atoms with Gasteiger partial charge in [0.15, 0.2) is 0 Å². The molecule has 0 saturated heterocycles. The molecule has 84 valence electrons. The summed E-state index contributed by atoms with van der Waals surface area (Å²) in [4.78, 5) is 0. The maximum atomic E-state index is 4.12. The van der Waals surface area contributed by atoms with E-state index in [1.165, 1.54) is 0 Å². The van der Waals surface area contributed by atoms with Gasteiger partial charge in [0, 0.05) is 13.1 Å². The Kier molecular flexibility index (Phi) is 5.04. The quantitative estimate of drug-likeness (QED) is 0.746. The molecule has 4 heteroatoms. The molecule has 4 nitrogen and oxygen atoms in total. The summed E-state index contributed by atoms with van der Waals surface area (Å²) in [5, 5.41) is 14.7.